The number of fused-ring (bicyclic) bond motifs is 3. The van der Waals surface area contributed by atoms with E-state index in [0.717, 1.165) is 22.1 Å². The molecular weight excluding hydrogens is 568 g/mol. The van der Waals surface area contributed by atoms with Crippen molar-refractivity contribution < 1.29 is 8.42 Å². The third-order valence-electron chi connectivity index (χ3n) is 7.36. The normalized spacial score (nSPS) is 12.7. The first kappa shape index (κ1) is 26.4. The average molecular weight is 595 g/mol. The molecule has 0 aliphatic carbocycles. The maximum Gasteiger partial charge on any atom is 0.296 e. The highest BCUT2D eigenvalue weighted by molar-refractivity contribution is 7.90. The van der Waals surface area contributed by atoms with Gasteiger partial charge in [-0.2, -0.15) is 13.5 Å². The molecule has 0 saturated heterocycles. The molecule has 2 aromatic carbocycles. The number of H-pyrrole nitrogens is 2. The van der Waals surface area contributed by atoms with Crippen LogP contribution in [0.15, 0.2) is 84.3 Å². The number of aromatic nitrogens is 7. The number of para-hydroxylation sites is 1. The first-order chi connectivity index (χ1) is 20.7. The Bertz CT molecular complexity index is 2340. The van der Waals surface area contributed by atoms with Gasteiger partial charge in [0.2, 0.25) is 0 Å². The van der Waals surface area contributed by atoms with Crippen LogP contribution in [0.25, 0.3) is 44.3 Å². The molecule has 6 N–H and O–H groups in total. The highest BCUT2D eigenvalue weighted by atomic mass is 32.2. The minimum atomic E-state index is -4.00. The molecule has 7 rings (SSSR count). The summed E-state index contributed by atoms with van der Waals surface area (Å²) in [5.74, 6) is 0.982. The summed E-state index contributed by atoms with van der Waals surface area (Å²) in [5, 5.41) is 15.1. The Morgan fingerprint density at radius 3 is 2.63 bits per heavy atom. The third-order valence-corrected chi connectivity index (χ3v) is 7.88. The second-order valence-electron chi connectivity index (χ2n) is 10.3. The van der Waals surface area contributed by atoms with E-state index in [1.165, 1.54) is 6.33 Å². The van der Waals surface area contributed by atoms with Crippen molar-refractivity contribution in [1.82, 2.24) is 34.1 Å². The Labute approximate surface area is 244 Å². The van der Waals surface area contributed by atoms with Gasteiger partial charge in [-0.1, -0.05) is 18.2 Å². The van der Waals surface area contributed by atoms with Crippen LogP contribution in [0.2, 0.25) is 0 Å². The van der Waals surface area contributed by atoms with E-state index in [1.807, 2.05) is 56.3 Å². The lowest BCUT2D eigenvalue weighted by Gasteiger charge is -2.20. The van der Waals surface area contributed by atoms with Crippen LogP contribution in [0.4, 0.5) is 11.5 Å². The summed E-state index contributed by atoms with van der Waals surface area (Å²) in [5.41, 5.74) is 4.88. The predicted molar refractivity (Wildman–Crippen MR) is 165 cm³/mol. The molecule has 0 aliphatic rings. The number of hydrogen-bond donors (Lipinski definition) is 5. The Hall–Kier alpha value is -5.47. The lowest BCUT2D eigenvalue weighted by atomic mass is 10.0. The molecule has 216 valence electrons. The van der Waals surface area contributed by atoms with E-state index in [-0.39, 0.29) is 5.56 Å². The lowest BCUT2D eigenvalue weighted by molar-refractivity contribution is 0.603. The van der Waals surface area contributed by atoms with E-state index >= 15 is 0 Å². The Morgan fingerprint density at radius 1 is 1.02 bits per heavy atom. The lowest BCUT2D eigenvalue weighted by Crippen LogP contribution is -2.29. The summed E-state index contributed by atoms with van der Waals surface area (Å²) < 4.78 is 29.2. The fourth-order valence-electron chi connectivity index (χ4n) is 5.51. The van der Waals surface area contributed by atoms with Gasteiger partial charge in [-0.05, 0) is 61.4 Å². The molecule has 0 aliphatic heterocycles. The number of anilines is 2. The fourth-order valence-corrected chi connectivity index (χ4v) is 5.95. The topological polar surface area (TPSA) is 181 Å². The van der Waals surface area contributed by atoms with Crippen molar-refractivity contribution in [3.05, 3.63) is 101 Å². The molecule has 7 aromatic rings. The standard InChI is InChI=1S/C29H26N10O3S/c1-16-9-11-38-25(16)29(40)39(19-6-4-3-5-7-19)28(36-38)17(2)35-27-24-22(14-32-26(24)33-15-34-27)21-12-18(37-43(30,41)42)13-23-20(21)8-10-31-23/h3-15,17,31,37H,1-2H3,(H2,30,41,42)(H2,32,33,34,35). The second-order valence-corrected chi connectivity index (χ2v) is 11.5. The van der Waals surface area contributed by atoms with Crippen molar-refractivity contribution in [2.24, 2.45) is 5.14 Å². The van der Waals surface area contributed by atoms with Gasteiger partial charge >= 0.3 is 0 Å². The summed E-state index contributed by atoms with van der Waals surface area (Å²) in [6.45, 7) is 3.79. The monoisotopic (exact) mass is 594 g/mol. The van der Waals surface area contributed by atoms with Gasteiger partial charge in [-0.3, -0.25) is 14.1 Å². The molecule has 1 atom stereocenters. The SMILES string of the molecule is Cc1ccn2nc(C(C)Nc3ncnc4[nH]cc(-c5cc(NS(N)(=O)=O)cc6[nH]ccc56)c34)n(-c3ccccc3)c(=O)c12. The third kappa shape index (κ3) is 4.58. The summed E-state index contributed by atoms with van der Waals surface area (Å²) in [6.07, 6.45) is 6.79. The molecule has 0 spiro atoms. The van der Waals surface area contributed by atoms with Gasteiger partial charge in [-0.15, -0.1) is 0 Å². The number of nitrogens with two attached hydrogens (primary N) is 1. The molecule has 14 heteroatoms. The zero-order valence-electron chi connectivity index (χ0n) is 23.0. The van der Waals surface area contributed by atoms with Gasteiger partial charge in [0.25, 0.3) is 15.8 Å². The molecule has 0 bridgehead atoms. The number of aryl methyl sites for hydroxylation is 1. The minimum absolute atomic E-state index is 0.184. The van der Waals surface area contributed by atoms with Crippen molar-refractivity contribution in [3.63, 3.8) is 0 Å². The molecule has 0 fully saturated rings. The molecule has 1 unspecified atom stereocenters. The number of benzene rings is 2. The summed E-state index contributed by atoms with van der Waals surface area (Å²) >= 11 is 0. The smallest absolute Gasteiger partial charge is 0.296 e. The number of aromatic amines is 2. The van der Waals surface area contributed by atoms with Crippen LogP contribution in [-0.4, -0.2) is 42.5 Å². The van der Waals surface area contributed by atoms with Gasteiger partial charge in [-0.25, -0.2) is 19.6 Å². The van der Waals surface area contributed by atoms with Gasteiger partial charge in [0.15, 0.2) is 5.82 Å². The molecule has 13 nitrogen and oxygen atoms in total. The van der Waals surface area contributed by atoms with E-state index in [9.17, 15) is 13.2 Å². The number of nitrogens with zero attached hydrogens (tertiary/aromatic N) is 5. The van der Waals surface area contributed by atoms with Crippen molar-refractivity contribution in [2.45, 2.75) is 19.9 Å². The highest BCUT2D eigenvalue weighted by Crippen LogP contribution is 2.38. The Balaban J connectivity index is 1.38. The van der Waals surface area contributed by atoms with Gasteiger partial charge < -0.3 is 15.3 Å². The average Bonchev–Trinajstić information content (AvgIpc) is 3.71. The van der Waals surface area contributed by atoms with E-state index in [2.05, 4.69) is 30.0 Å². The van der Waals surface area contributed by atoms with Crippen molar-refractivity contribution in [1.29, 1.82) is 0 Å². The van der Waals surface area contributed by atoms with Crippen LogP contribution in [0.1, 0.15) is 24.4 Å². The highest BCUT2D eigenvalue weighted by Gasteiger charge is 2.23. The summed E-state index contributed by atoms with van der Waals surface area (Å²) in [7, 11) is -4.00. The van der Waals surface area contributed by atoms with E-state index < -0.39 is 16.3 Å². The number of rotatable bonds is 7. The van der Waals surface area contributed by atoms with Crippen molar-refractivity contribution >= 4 is 49.2 Å². The largest absolute Gasteiger partial charge is 0.361 e. The summed E-state index contributed by atoms with van der Waals surface area (Å²) in [4.78, 5) is 29.1. The van der Waals surface area contributed by atoms with E-state index in [4.69, 9.17) is 10.2 Å². The summed E-state index contributed by atoms with van der Waals surface area (Å²) in [6, 6.07) is 16.0. The maximum absolute atomic E-state index is 13.8. The zero-order chi connectivity index (χ0) is 29.9. The minimum Gasteiger partial charge on any atom is -0.361 e. The molecular formula is C29H26N10O3S. The Kier molecular flexibility index (Phi) is 6.04. The molecule has 0 amide bonds. The van der Waals surface area contributed by atoms with Crippen LogP contribution >= 0.6 is 0 Å². The molecule has 5 heterocycles. The van der Waals surface area contributed by atoms with Crippen LogP contribution in [0, 0.1) is 6.92 Å². The second kappa shape index (κ2) is 9.82. The quantitative estimate of drug-likeness (QED) is 0.185. The van der Waals surface area contributed by atoms with Crippen LogP contribution < -0.4 is 20.7 Å². The first-order valence-electron chi connectivity index (χ1n) is 13.3. The molecule has 0 radical (unpaired) electrons. The maximum atomic E-state index is 13.8. The first-order valence-corrected chi connectivity index (χ1v) is 14.9. The molecule has 43 heavy (non-hydrogen) atoms. The van der Waals surface area contributed by atoms with Gasteiger partial charge in [0.1, 0.15) is 23.3 Å². The van der Waals surface area contributed by atoms with Crippen LogP contribution in [-0.2, 0) is 10.2 Å². The number of nitrogens with one attached hydrogen (secondary N) is 4. The Morgan fingerprint density at radius 2 is 1.84 bits per heavy atom. The number of hydrogen-bond acceptors (Lipinski definition) is 7. The van der Waals surface area contributed by atoms with Gasteiger partial charge in [0, 0.05) is 35.1 Å². The molecule has 0 saturated carbocycles. The molecule has 5 aromatic heterocycles. The van der Waals surface area contributed by atoms with Crippen LogP contribution in [0.3, 0.4) is 0 Å². The van der Waals surface area contributed by atoms with E-state index in [0.29, 0.717) is 45.1 Å². The van der Waals surface area contributed by atoms with Gasteiger partial charge in [0.05, 0.1) is 22.8 Å². The zero-order valence-corrected chi connectivity index (χ0v) is 23.8. The van der Waals surface area contributed by atoms with E-state index in [1.54, 1.807) is 39.8 Å². The van der Waals surface area contributed by atoms with Crippen LogP contribution in [0.5, 0.6) is 0 Å². The predicted octanol–water partition coefficient (Wildman–Crippen LogP) is 4.00. The van der Waals surface area contributed by atoms with Crippen molar-refractivity contribution in [2.75, 3.05) is 10.0 Å². The van der Waals surface area contributed by atoms with Crippen molar-refractivity contribution in [3.8, 4) is 16.8 Å². The fraction of sp³-hybridized carbons (Fsp3) is 0.103.